The summed E-state index contributed by atoms with van der Waals surface area (Å²) < 4.78 is 0. The van der Waals surface area contributed by atoms with Crippen molar-refractivity contribution < 1.29 is 36.5 Å². The van der Waals surface area contributed by atoms with Gasteiger partial charge in [-0.15, -0.1) is 24.0 Å². The Labute approximate surface area is 196 Å². The first-order valence-corrected chi connectivity index (χ1v) is 0. The van der Waals surface area contributed by atoms with Crippen LogP contribution >= 0.6 is 24.0 Å². The van der Waals surface area contributed by atoms with Crippen molar-refractivity contribution in [3.05, 3.63) is 0 Å². The molecule has 0 fully saturated rings. The molecule has 0 aliphatic carbocycles. The quantitative estimate of drug-likeness (QED) is 0.321. The Bertz CT molecular complexity index is 19.7. The summed E-state index contributed by atoms with van der Waals surface area (Å²) in [5.74, 6) is 0. The minimum absolute atomic E-state index is 0. The molecule has 0 N–H and O–H groups in total. The molecule has 0 aromatic rings. The third-order valence-corrected chi connectivity index (χ3v) is 0. The zero-order chi connectivity index (χ0) is 0. The van der Waals surface area contributed by atoms with Crippen LogP contribution in [0.25, 0.3) is 0 Å². The van der Waals surface area contributed by atoms with E-state index in [9.17, 15) is 0 Å². The molecule has 0 aliphatic heterocycles. The van der Waals surface area contributed by atoms with Crippen LogP contribution in [0.5, 0.6) is 0 Å². The van der Waals surface area contributed by atoms with E-state index in [4.69, 9.17) is 0 Å². The molecule has 0 aromatic carbocycles. The molecule has 0 heterocycles. The molecule has 0 saturated carbocycles. The fraction of sp³-hybridized carbons (Fsp3) is 0. The number of rotatable bonds is 0. The minimum atomic E-state index is 0. The average molecular weight is 382 g/mol. The summed E-state index contributed by atoms with van der Waals surface area (Å²) in [6.45, 7) is 0. The van der Waals surface area contributed by atoms with E-state index in [-0.39, 0.29) is 202 Å². The van der Waals surface area contributed by atoms with Gasteiger partial charge in [0.2, 0.25) is 0 Å². The van der Waals surface area contributed by atoms with E-state index < -0.39 is 0 Å². The van der Waals surface area contributed by atoms with Crippen molar-refractivity contribution in [1.29, 1.82) is 0 Å². The molecule has 0 radical (unpaired) electrons. The van der Waals surface area contributed by atoms with Gasteiger partial charge in [-0.1, -0.05) is 0 Å². The first kappa shape index (κ1) is 49.8. The minimum Gasteiger partial charge on any atom is 0 e. The van der Waals surface area contributed by atoms with Crippen LogP contribution in [-0.4, -0.2) is 142 Å². The molecule has 0 bridgehead atoms. The molecule has 0 aliphatic rings. The summed E-state index contributed by atoms with van der Waals surface area (Å²) in [6, 6.07) is 0. The van der Waals surface area contributed by atoms with Crippen LogP contribution in [0.15, 0.2) is 0 Å². The van der Waals surface area contributed by atoms with E-state index >= 15 is 0 Å². The van der Waals surface area contributed by atoms with Crippen molar-refractivity contribution in [1.82, 2.24) is 0 Å². The summed E-state index contributed by atoms with van der Waals surface area (Å²) in [5, 5.41) is 0. The molecule has 0 atom stereocenters. The van der Waals surface area contributed by atoms with Crippen LogP contribution in [0.1, 0.15) is 0 Å². The van der Waals surface area contributed by atoms with Crippen molar-refractivity contribution in [3.8, 4) is 0 Å². The predicted octanol–water partition coefficient (Wildman–Crippen LogP) is -2.52. The van der Waals surface area contributed by atoms with Crippen molar-refractivity contribution in [2.24, 2.45) is 0 Å². The summed E-state index contributed by atoms with van der Waals surface area (Å²) in [6.07, 6.45) is 0. The second kappa shape index (κ2) is 39.1. The standard InChI is InChI=1S/Ca.Fe.HI.K.Mg.Na.Zn.6H/h;;1H;;;;;;;;;;. The Balaban J connectivity index is 0. The Morgan fingerprint density at radius 2 is 1.00 bits per heavy atom. The summed E-state index contributed by atoms with van der Waals surface area (Å²) >= 11 is 0. The third kappa shape index (κ3) is 32.6. The molecule has 30 valence electrons. The van der Waals surface area contributed by atoms with Gasteiger partial charge in [0.1, 0.15) is 0 Å². The first-order chi connectivity index (χ1) is 0. The number of hydrogen-bond acceptors (Lipinski definition) is 0. The topological polar surface area (TPSA) is 0 Å². The van der Waals surface area contributed by atoms with E-state index in [1.807, 2.05) is 0 Å². The molecule has 0 spiro atoms. The van der Waals surface area contributed by atoms with Gasteiger partial charge >= 0.3 is 142 Å². The maximum absolute atomic E-state index is 0. The Hall–Kier alpha value is 6.54. The van der Waals surface area contributed by atoms with Crippen molar-refractivity contribution >= 4 is 166 Å². The Kier molecular flexibility index (Phi) is 278. The van der Waals surface area contributed by atoms with E-state index in [1.165, 1.54) is 0 Å². The fourth-order valence-electron chi connectivity index (χ4n) is 0. The van der Waals surface area contributed by atoms with E-state index in [0.717, 1.165) is 0 Å². The van der Waals surface area contributed by atoms with Crippen LogP contribution in [0.4, 0.5) is 0 Å². The van der Waals surface area contributed by atoms with E-state index in [0.29, 0.717) is 0 Å². The summed E-state index contributed by atoms with van der Waals surface area (Å²) in [4.78, 5) is 0. The van der Waals surface area contributed by atoms with Gasteiger partial charge in [-0.05, 0) is 0 Å². The predicted molar refractivity (Wildman–Crippen MR) is 46.8 cm³/mol. The van der Waals surface area contributed by atoms with Crippen LogP contribution in [0.2, 0.25) is 0 Å². The zero-order valence-electron chi connectivity index (χ0n) is 1.47. The van der Waals surface area contributed by atoms with Crippen LogP contribution in [0, 0.1) is 0 Å². The van der Waals surface area contributed by atoms with Gasteiger partial charge in [0.25, 0.3) is 0 Å². The molecule has 0 aromatic heterocycles. The van der Waals surface area contributed by atoms with Gasteiger partial charge in [0, 0.05) is 36.5 Å². The van der Waals surface area contributed by atoms with E-state index in [2.05, 4.69) is 0 Å². The van der Waals surface area contributed by atoms with Gasteiger partial charge < -0.3 is 0 Å². The molecule has 0 rings (SSSR count). The monoisotopic (exact) mass is 380 g/mol. The van der Waals surface area contributed by atoms with Crippen molar-refractivity contribution in [3.63, 3.8) is 0 Å². The van der Waals surface area contributed by atoms with Gasteiger partial charge in [0.15, 0.2) is 0 Å². The van der Waals surface area contributed by atoms with Gasteiger partial charge in [-0.3, -0.25) is 0 Å². The molecule has 7 heteroatoms. The Morgan fingerprint density at radius 3 is 1.00 bits per heavy atom. The smallest absolute Gasteiger partial charge is 0 e. The number of hydrogen-bond donors (Lipinski definition) is 0. The molecule has 0 nitrogen and oxygen atoms in total. The molecule has 0 amide bonds. The normalized spacial score (nSPS) is 0. The average Bonchev–Trinajstić information content (AvgIpc) is 0. The van der Waals surface area contributed by atoms with E-state index in [1.54, 1.807) is 0 Å². The third-order valence-electron chi connectivity index (χ3n) is 0. The maximum atomic E-state index is 0. The van der Waals surface area contributed by atoms with Crippen molar-refractivity contribution in [2.45, 2.75) is 0 Å². The second-order valence-electron chi connectivity index (χ2n) is 0. The maximum Gasteiger partial charge on any atom is 0 e. The molecular formula is H7CaFeIKMgNaZn. The molecule has 7 heavy (non-hydrogen) atoms. The van der Waals surface area contributed by atoms with Crippen molar-refractivity contribution in [2.75, 3.05) is 0 Å². The second-order valence-corrected chi connectivity index (χ2v) is 0. The van der Waals surface area contributed by atoms with Crippen LogP contribution in [0.3, 0.4) is 0 Å². The largest absolute Gasteiger partial charge is 0 e. The summed E-state index contributed by atoms with van der Waals surface area (Å²) in [7, 11) is 0. The van der Waals surface area contributed by atoms with Crippen LogP contribution < -0.4 is 0 Å². The summed E-state index contributed by atoms with van der Waals surface area (Å²) in [5.41, 5.74) is 0. The molecular weight excluding hydrogens is 375 g/mol. The van der Waals surface area contributed by atoms with Crippen LogP contribution in [-0.2, 0) is 36.5 Å². The van der Waals surface area contributed by atoms with Gasteiger partial charge in [0.05, 0.1) is 0 Å². The van der Waals surface area contributed by atoms with Gasteiger partial charge in [-0.25, -0.2) is 0 Å². The molecule has 0 unspecified atom stereocenters. The number of halogens is 1. The molecule has 0 saturated heterocycles. The fourth-order valence-corrected chi connectivity index (χ4v) is 0. The van der Waals surface area contributed by atoms with Gasteiger partial charge in [-0.2, -0.15) is 0 Å². The zero-order valence-corrected chi connectivity index (χ0v) is 7.87. The first-order valence-electron chi connectivity index (χ1n) is 0. The SMILES string of the molecule is I.[CaH2].[Fe].[KH].[MgH2].[NaH].[Zn]. The Morgan fingerprint density at radius 1 is 1.00 bits per heavy atom.